The fourth-order valence-corrected chi connectivity index (χ4v) is 3.81. The first-order valence-electron chi connectivity index (χ1n) is 5.47. The van der Waals surface area contributed by atoms with Crippen molar-refractivity contribution in [2.24, 2.45) is 5.41 Å². The van der Waals surface area contributed by atoms with Gasteiger partial charge in [-0.3, -0.25) is 0 Å². The number of aliphatic hydroxyl groups is 1. The zero-order valence-corrected chi connectivity index (χ0v) is 9.64. The lowest BCUT2D eigenvalue weighted by Crippen LogP contribution is -2.66. The molecule has 1 nitrogen and oxygen atoms in total. The lowest BCUT2D eigenvalue weighted by molar-refractivity contribution is -0.168. The van der Waals surface area contributed by atoms with Gasteiger partial charge in [0.25, 0.3) is 0 Å². The van der Waals surface area contributed by atoms with E-state index in [1.165, 1.54) is 11.1 Å². The summed E-state index contributed by atoms with van der Waals surface area (Å²) in [5.41, 5.74) is 3.27. The largest absolute Gasteiger partial charge is 0.396 e. The van der Waals surface area contributed by atoms with Crippen LogP contribution in [0.5, 0.6) is 0 Å². The fourth-order valence-electron chi connectivity index (χ4n) is 3.63. The number of aliphatic hydroxyl groups excluding tert-OH is 1. The summed E-state index contributed by atoms with van der Waals surface area (Å²) in [5, 5.41) is 10.1. The van der Waals surface area contributed by atoms with Crippen LogP contribution in [0.2, 0.25) is 5.02 Å². The van der Waals surface area contributed by atoms with Crippen molar-refractivity contribution in [1.29, 1.82) is 0 Å². The van der Waals surface area contributed by atoms with Gasteiger partial charge in [-0.05, 0) is 54.2 Å². The number of benzene rings is 1. The number of hydrogen-bond donors (Lipinski definition) is 1. The molecule has 0 aliphatic heterocycles. The minimum atomic E-state index is 0.273. The zero-order valence-electron chi connectivity index (χ0n) is 8.89. The number of rotatable bonds is 2. The quantitative estimate of drug-likeness (QED) is 0.816. The maximum absolute atomic E-state index is 9.24. The molecule has 0 amide bonds. The highest BCUT2D eigenvalue weighted by Gasteiger charge is 2.68. The second kappa shape index (κ2) is 2.78. The van der Waals surface area contributed by atoms with Crippen molar-refractivity contribution in [2.45, 2.75) is 31.6 Å². The highest BCUT2D eigenvalue weighted by atomic mass is 35.5. The average Bonchev–Trinajstić information content (AvgIpc) is 2.08. The smallest absolute Gasteiger partial charge is 0.0488 e. The lowest BCUT2D eigenvalue weighted by Gasteiger charge is -2.71. The second-order valence-electron chi connectivity index (χ2n) is 5.38. The van der Waals surface area contributed by atoms with Gasteiger partial charge in [-0.2, -0.15) is 0 Å². The Morgan fingerprint density at radius 3 is 2.60 bits per heavy atom. The van der Waals surface area contributed by atoms with Crippen LogP contribution in [0.3, 0.4) is 0 Å². The SMILES string of the molecule is Cc1c(Cl)cccc1C12CC(CO)(C1)C2. The van der Waals surface area contributed by atoms with Crippen molar-refractivity contribution in [1.82, 2.24) is 0 Å². The Morgan fingerprint density at radius 1 is 1.33 bits per heavy atom. The summed E-state index contributed by atoms with van der Waals surface area (Å²) in [4.78, 5) is 0. The van der Waals surface area contributed by atoms with Crippen LogP contribution >= 0.6 is 11.6 Å². The van der Waals surface area contributed by atoms with Gasteiger partial charge in [0.05, 0.1) is 0 Å². The van der Waals surface area contributed by atoms with Gasteiger partial charge in [0.1, 0.15) is 0 Å². The molecule has 4 rings (SSSR count). The predicted octanol–water partition coefficient (Wildman–Crippen LogP) is 3.06. The monoisotopic (exact) mass is 222 g/mol. The van der Waals surface area contributed by atoms with Gasteiger partial charge in [-0.1, -0.05) is 23.7 Å². The van der Waals surface area contributed by atoms with Crippen LogP contribution in [0.25, 0.3) is 0 Å². The topological polar surface area (TPSA) is 20.2 Å². The van der Waals surface area contributed by atoms with Crippen molar-refractivity contribution >= 4 is 11.6 Å². The van der Waals surface area contributed by atoms with E-state index in [1.54, 1.807) is 0 Å². The average molecular weight is 223 g/mol. The molecule has 3 fully saturated rings. The van der Waals surface area contributed by atoms with Crippen LogP contribution in [0.15, 0.2) is 18.2 Å². The Bertz CT molecular complexity index is 405. The van der Waals surface area contributed by atoms with E-state index in [0.717, 1.165) is 24.3 Å². The zero-order chi connectivity index (χ0) is 10.7. The van der Waals surface area contributed by atoms with Crippen molar-refractivity contribution in [3.8, 4) is 0 Å². The maximum Gasteiger partial charge on any atom is 0.0488 e. The van der Waals surface area contributed by atoms with Crippen LogP contribution in [-0.4, -0.2) is 11.7 Å². The van der Waals surface area contributed by atoms with Gasteiger partial charge in [-0.25, -0.2) is 0 Å². The van der Waals surface area contributed by atoms with Crippen molar-refractivity contribution in [2.75, 3.05) is 6.61 Å². The third-order valence-corrected chi connectivity index (χ3v) is 4.72. The molecule has 80 valence electrons. The van der Waals surface area contributed by atoms with Gasteiger partial charge in [-0.15, -0.1) is 0 Å². The van der Waals surface area contributed by atoms with Gasteiger partial charge in [0.2, 0.25) is 0 Å². The molecule has 3 saturated carbocycles. The molecule has 0 atom stereocenters. The third-order valence-electron chi connectivity index (χ3n) is 4.31. The second-order valence-corrected chi connectivity index (χ2v) is 5.79. The molecule has 2 bridgehead atoms. The van der Waals surface area contributed by atoms with E-state index in [0.29, 0.717) is 12.0 Å². The Balaban J connectivity index is 1.94. The van der Waals surface area contributed by atoms with E-state index in [4.69, 9.17) is 11.6 Å². The summed E-state index contributed by atoms with van der Waals surface area (Å²) in [6.07, 6.45) is 3.45. The molecule has 3 aliphatic rings. The Morgan fingerprint density at radius 2 is 2.00 bits per heavy atom. The molecule has 0 saturated heterocycles. The molecule has 0 unspecified atom stereocenters. The molecule has 0 aromatic heterocycles. The minimum Gasteiger partial charge on any atom is -0.396 e. The minimum absolute atomic E-state index is 0.273. The fraction of sp³-hybridized carbons (Fsp3) is 0.538. The van der Waals surface area contributed by atoms with Crippen molar-refractivity contribution in [3.63, 3.8) is 0 Å². The van der Waals surface area contributed by atoms with Gasteiger partial charge < -0.3 is 5.11 Å². The van der Waals surface area contributed by atoms with E-state index in [9.17, 15) is 5.11 Å². The van der Waals surface area contributed by atoms with Crippen LogP contribution in [0.4, 0.5) is 0 Å². The van der Waals surface area contributed by atoms with E-state index in [1.807, 2.05) is 12.1 Å². The van der Waals surface area contributed by atoms with Crippen molar-refractivity contribution < 1.29 is 5.11 Å². The third kappa shape index (κ3) is 1.08. The van der Waals surface area contributed by atoms with Crippen LogP contribution in [0, 0.1) is 12.3 Å². The summed E-state index contributed by atoms with van der Waals surface area (Å²) in [7, 11) is 0. The summed E-state index contributed by atoms with van der Waals surface area (Å²) >= 11 is 6.14. The lowest BCUT2D eigenvalue weighted by atomic mass is 9.33. The first-order valence-corrected chi connectivity index (χ1v) is 5.85. The summed E-state index contributed by atoms with van der Waals surface area (Å²) < 4.78 is 0. The first-order chi connectivity index (χ1) is 7.11. The molecule has 1 aromatic carbocycles. The molecular formula is C13H15ClO. The summed E-state index contributed by atoms with van der Waals surface area (Å²) in [6.45, 7) is 2.46. The van der Waals surface area contributed by atoms with E-state index in [-0.39, 0.29) is 5.41 Å². The van der Waals surface area contributed by atoms with E-state index >= 15 is 0 Å². The molecule has 0 radical (unpaired) electrons. The molecule has 1 N–H and O–H groups in total. The number of hydrogen-bond acceptors (Lipinski definition) is 1. The molecule has 2 heteroatoms. The van der Waals surface area contributed by atoms with Crippen LogP contribution in [0.1, 0.15) is 30.4 Å². The molecule has 3 aliphatic carbocycles. The Labute approximate surface area is 95.1 Å². The van der Waals surface area contributed by atoms with Crippen molar-refractivity contribution in [3.05, 3.63) is 34.3 Å². The van der Waals surface area contributed by atoms with Crippen LogP contribution < -0.4 is 0 Å². The standard InChI is InChI=1S/C13H15ClO/c1-9-10(3-2-4-11(9)14)13-5-12(6-13,7-13)8-15/h2-4,15H,5-8H2,1H3. The normalized spacial score (nSPS) is 37.0. The first kappa shape index (κ1) is 9.68. The molecular weight excluding hydrogens is 208 g/mol. The van der Waals surface area contributed by atoms with Gasteiger partial charge >= 0.3 is 0 Å². The highest BCUT2D eigenvalue weighted by Crippen LogP contribution is 2.73. The van der Waals surface area contributed by atoms with E-state index in [2.05, 4.69) is 13.0 Å². The number of halogens is 1. The molecule has 0 heterocycles. The predicted molar refractivity (Wildman–Crippen MR) is 61.2 cm³/mol. The Kier molecular flexibility index (Phi) is 1.79. The molecule has 15 heavy (non-hydrogen) atoms. The Hall–Kier alpha value is -0.530. The van der Waals surface area contributed by atoms with Gasteiger partial charge in [0.15, 0.2) is 0 Å². The summed E-state index contributed by atoms with van der Waals surface area (Å²) in [6, 6.07) is 6.19. The summed E-state index contributed by atoms with van der Waals surface area (Å²) in [5.74, 6) is 0. The van der Waals surface area contributed by atoms with Gasteiger partial charge in [0, 0.05) is 11.6 Å². The van der Waals surface area contributed by atoms with Crippen LogP contribution in [-0.2, 0) is 5.41 Å². The highest BCUT2D eigenvalue weighted by molar-refractivity contribution is 6.31. The maximum atomic E-state index is 9.24. The molecule has 1 aromatic rings. The molecule has 0 spiro atoms. The van der Waals surface area contributed by atoms with E-state index < -0.39 is 0 Å².